The Kier molecular flexibility index (Phi) is 3.28. The van der Waals surface area contributed by atoms with Crippen LogP contribution in [0.3, 0.4) is 0 Å². The van der Waals surface area contributed by atoms with Crippen molar-refractivity contribution in [3.63, 3.8) is 0 Å². The van der Waals surface area contributed by atoms with Crippen molar-refractivity contribution in [2.45, 2.75) is 18.7 Å². The van der Waals surface area contributed by atoms with Crippen molar-refractivity contribution < 1.29 is 8.42 Å². The molecule has 0 saturated carbocycles. The smallest absolute Gasteiger partial charge is 0.313 e. The van der Waals surface area contributed by atoms with Crippen LogP contribution in [0.4, 0.5) is 5.13 Å². The van der Waals surface area contributed by atoms with E-state index in [1.165, 1.54) is 0 Å². The molecule has 0 unspecified atom stereocenters. The fraction of sp³-hybridized carbons (Fsp3) is 0.222. The van der Waals surface area contributed by atoms with Crippen molar-refractivity contribution in [2.24, 2.45) is 0 Å². The Balaban J connectivity index is 2.43. The molecular weight excluding hydrogens is 292 g/mol. The van der Waals surface area contributed by atoms with Crippen molar-refractivity contribution in [1.82, 2.24) is 15.0 Å². The SMILES string of the molecule is Cc1nc(NS(=O)(=O)c2c[nH]c(=O)[nH]c2=O)sc1C. The van der Waals surface area contributed by atoms with Gasteiger partial charge < -0.3 is 4.98 Å². The second-order valence-corrected chi connectivity index (χ2v) is 6.56. The minimum atomic E-state index is -4.08. The van der Waals surface area contributed by atoms with E-state index in [4.69, 9.17) is 0 Å². The third-order valence-electron chi connectivity index (χ3n) is 2.32. The number of sulfonamides is 1. The van der Waals surface area contributed by atoms with E-state index < -0.39 is 26.2 Å². The van der Waals surface area contributed by atoms with Gasteiger partial charge in [-0.05, 0) is 13.8 Å². The molecule has 2 rings (SSSR count). The number of aromatic nitrogens is 3. The maximum absolute atomic E-state index is 12.0. The van der Waals surface area contributed by atoms with Gasteiger partial charge in [0.15, 0.2) is 10.0 Å². The van der Waals surface area contributed by atoms with Gasteiger partial charge in [0.25, 0.3) is 15.6 Å². The molecule has 8 nitrogen and oxygen atoms in total. The van der Waals surface area contributed by atoms with Gasteiger partial charge in [0.1, 0.15) is 0 Å². The van der Waals surface area contributed by atoms with Gasteiger partial charge in [-0.1, -0.05) is 0 Å². The molecule has 0 amide bonds. The molecule has 2 aromatic rings. The Hall–Kier alpha value is -1.94. The van der Waals surface area contributed by atoms with Crippen molar-refractivity contribution >= 4 is 26.5 Å². The zero-order chi connectivity index (χ0) is 14.2. The third kappa shape index (κ3) is 2.74. The van der Waals surface area contributed by atoms with Crippen LogP contribution in [0.15, 0.2) is 20.7 Å². The maximum Gasteiger partial charge on any atom is 0.325 e. The molecule has 19 heavy (non-hydrogen) atoms. The van der Waals surface area contributed by atoms with Crippen LogP contribution in [-0.2, 0) is 10.0 Å². The van der Waals surface area contributed by atoms with Gasteiger partial charge in [-0.15, -0.1) is 11.3 Å². The first-order valence-corrected chi connectivity index (χ1v) is 7.38. The molecule has 10 heteroatoms. The Labute approximate surface area is 111 Å². The number of hydrogen-bond acceptors (Lipinski definition) is 6. The molecule has 0 atom stereocenters. The molecule has 0 fully saturated rings. The van der Waals surface area contributed by atoms with E-state index in [9.17, 15) is 18.0 Å². The number of aromatic amines is 2. The average molecular weight is 302 g/mol. The lowest BCUT2D eigenvalue weighted by Crippen LogP contribution is -2.29. The first-order valence-electron chi connectivity index (χ1n) is 5.08. The summed E-state index contributed by atoms with van der Waals surface area (Å²) in [7, 11) is -4.08. The number of nitrogens with zero attached hydrogens (tertiary/aromatic N) is 1. The monoisotopic (exact) mass is 302 g/mol. The van der Waals surface area contributed by atoms with Crippen LogP contribution in [0.2, 0.25) is 0 Å². The predicted molar refractivity (Wildman–Crippen MR) is 70.1 cm³/mol. The summed E-state index contributed by atoms with van der Waals surface area (Å²) in [6.07, 6.45) is 0.844. The van der Waals surface area contributed by atoms with Crippen molar-refractivity contribution in [3.8, 4) is 0 Å². The van der Waals surface area contributed by atoms with Gasteiger partial charge in [-0.25, -0.2) is 18.2 Å². The largest absolute Gasteiger partial charge is 0.325 e. The first-order chi connectivity index (χ1) is 8.79. The van der Waals surface area contributed by atoms with Crippen LogP contribution in [-0.4, -0.2) is 23.4 Å². The van der Waals surface area contributed by atoms with E-state index in [-0.39, 0.29) is 5.13 Å². The number of rotatable bonds is 3. The Morgan fingerprint density at radius 1 is 1.32 bits per heavy atom. The van der Waals surface area contributed by atoms with Crippen LogP contribution in [0.5, 0.6) is 0 Å². The van der Waals surface area contributed by atoms with E-state index in [0.717, 1.165) is 22.4 Å². The molecule has 0 aliphatic rings. The third-order valence-corrected chi connectivity index (χ3v) is 4.79. The van der Waals surface area contributed by atoms with Crippen molar-refractivity contribution in [3.05, 3.63) is 37.6 Å². The number of thiazole rings is 1. The normalized spacial score (nSPS) is 11.5. The summed E-state index contributed by atoms with van der Waals surface area (Å²) in [5.74, 6) is 0. The van der Waals surface area contributed by atoms with Gasteiger partial charge in [-0.2, -0.15) is 0 Å². The van der Waals surface area contributed by atoms with Gasteiger partial charge in [0, 0.05) is 11.1 Å². The Morgan fingerprint density at radius 2 is 2.00 bits per heavy atom. The summed E-state index contributed by atoms with van der Waals surface area (Å²) >= 11 is 1.16. The summed E-state index contributed by atoms with van der Waals surface area (Å²) in [6.45, 7) is 3.55. The van der Waals surface area contributed by atoms with E-state index in [2.05, 4.69) is 14.7 Å². The molecular formula is C9H10N4O4S2. The molecule has 0 radical (unpaired) electrons. The topological polar surface area (TPSA) is 125 Å². The van der Waals surface area contributed by atoms with E-state index in [1.54, 1.807) is 13.8 Å². The lowest BCUT2D eigenvalue weighted by molar-refractivity contribution is 0.599. The zero-order valence-electron chi connectivity index (χ0n) is 9.97. The standard InChI is InChI=1S/C9H10N4O4S2/c1-4-5(2)18-9(11-4)13-19(16,17)6-3-10-8(15)12-7(6)14/h3H,1-2H3,(H,11,13)(H2,10,12,14,15). The molecule has 0 aliphatic heterocycles. The highest BCUT2D eigenvalue weighted by Gasteiger charge is 2.20. The van der Waals surface area contributed by atoms with Gasteiger partial charge in [0.05, 0.1) is 5.69 Å². The summed E-state index contributed by atoms with van der Waals surface area (Å²) < 4.78 is 26.1. The number of hydrogen-bond donors (Lipinski definition) is 3. The average Bonchev–Trinajstić information content (AvgIpc) is 2.56. The van der Waals surface area contributed by atoms with Crippen molar-refractivity contribution in [2.75, 3.05) is 4.72 Å². The number of nitrogens with one attached hydrogen (secondary N) is 3. The van der Waals surface area contributed by atoms with Crippen LogP contribution < -0.4 is 16.0 Å². The molecule has 0 aliphatic carbocycles. The lowest BCUT2D eigenvalue weighted by atomic mass is 10.4. The Morgan fingerprint density at radius 3 is 2.53 bits per heavy atom. The van der Waals surface area contributed by atoms with Crippen LogP contribution in [0.25, 0.3) is 0 Å². The maximum atomic E-state index is 12.0. The highest BCUT2D eigenvalue weighted by Crippen LogP contribution is 2.22. The highest BCUT2D eigenvalue weighted by molar-refractivity contribution is 7.92. The van der Waals surface area contributed by atoms with E-state index in [1.807, 2.05) is 4.98 Å². The van der Waals surface area contributed by atoms with Crippen LogP contribution in [0.1, 0.15) is 10.6 Å². The predicted octanol–water partition coefficient (Wildman–Crippen LogP) is -0.0627. The number of aryl methyl sites for hydroxylation is 2. The minimum Gasteiger partial charge on any atom is -0.313 e. The highest BCUT2D eigenvalue weighted by atomic mass is 32.2. The van der Waals surface area contributed by atoms with Gasteiger partial charge in [-0.3, -0.25) is 14.5 Å². The fourth-order valence-electron chi connectivity index (χ4n) is 1.28. The summed E-state index contributed by atoms with van der Waals surface area (Å²) in [5.41, 5.74) is -1.05. The van der Waals surface area contributed by atoms with E-state index >= 15 is 0 Å². The first kappa shape index (κ1) is 13.5. The Bertz CT molecular complexity index is 811. The quantitative estimate of drug-likeness (QED) is 0.732. The fourth-order valence-corrected chi connectivity index (χ4v) is 3.34. The molecule has 0 saturated heterocycles. The number of H-pyrrole nitrogens is 2. The molecule has 2 heterocycles. The minimum absolute atomic E-state index is 0.167. The summed E-state index contributed by atoms with van der Waals surface area (Å²) in [4.78, 5) is 30.5. The summed E-state index contributed by atoms with van der Waals surface area (Å²) in [6, 6.07) is 0. The molecule has 102 valence electrons. The van der Waals surface area contributed by atoms with Crippen LogP contribution >= 0.6 is 11.3 Å². The van der Waals surface area contributed by atoms with Crippen LogP contribution in [0, 0.1) is 13.8 Å². The molecule has 0 aromatic carbocycles. The molecule has 3 N–H and O–H groups in total. The second-order valence-electron chi connectivity index (χ2n) is 3.70. The summed E-state index contributed by atoms with van der Waals surface area (Å²) in [5, 5.41) is 0.167. The van der Waals surface area contributed by atoms with Gasteiger partial charge >= 0.3 is 5.69 Å². The molecule has 0 spiro atoms. The molecule has 2 aromatic heterocycles. The lowest BCUT2D eigenvalue weighted by Gasteiger charge is -2.02. The van der Waals surface area contributed by atoms with E-state index in [0.29, 0.717) is 5.69 Å². The zero-order valence-corrected chi connectivity index (χ0v) is 11.6. The molecule has 0 bridgehead atoms. The van der Waals surface area contributed by atoms with Gasteiger partial charge in [0.2, 0.25) is 0 Å². The number of anilines is 1. The second kappa shape index (κ2) is 4.63. The van der Waals surface area contributed by atoms with Crippen molar-refractivity contribution in [1.29, 1.82) is 0 Å².